The molecule has 0 saturated heterocycles. The van der Waals surface area contributed by atoms with Gasteiger partial charge < -0.3 is 14.5 Å². The molecule has 1 atom stereocenters. The highest BCUT2D eigenvalue weighted by atomic mass is 16.6. The number of hydrogen-bond donors (Lipinski definition) is 1. The van der Waals surface area contributed by atoms with Crippen LogP contribution in [-0.4, -0.2) is 40.7 Å². The van der Waals surface area contributed by atoms with Gasteiger partial charge >= 0.3 is 6.09 Å². The second-order valence-corrected chi connectivity index (χ2v) is 6.67. The van der Waals surface area contributed by atoms with E-state index >= 15 is 0 Å². The van der Waals surface area contributed by atoms with Crippen LogP contribution >= 0.6 is 0 Å². The van der Waals surface area contributed by atoms with Crippen LogP contribution in [0.1, 0.15) is 36.8 Å². The molecule has 0 saturated carbocycles. The van der Waals surface area contributed by atoms with E-state index in [1.165, 1.54) is 5.56 Å². The van der Waals surface area contributed by atoms with Gasteiger partial charge in [-0.3, -0.25) is 4.90 Å². The monoisotopic (exact) mass is 343 g/mol. The smallest absolute Gasteiger partial charge is 0.410 e. The van der Waals surface area contributed by atoms with Crippen LogP contribution in [0.5, 0.6) is 5.75 Å². The van der Waals surface area contributed by atoms with Crippen molar-refractivity contribution in [1.29, 1.82) is 0 Å². The molecule has 0 bridgehead atoms. The van der Waals surface area contributed by atoms with E-state index < -0.39 is 0 Å². The van der Waals surface area contributed by atoms with Gasteiger partial charge in [-0.1, -0.05) is 31.5 Å². The van der Waals surface area contributed by atoms with Gasteiger partial charge in [-0.25, -0.2) is 9.78 Å². The number of fused-ring (bicyclic) bond motifs is 1. The van der Waals surface area contributed by atoms with Crippen molar-refractivity contribution >= 4 is 6.09 Å². The lowest BCUT2D eigenvalue weighted by atomic mass is 9.94. The van der Waals surface area contributed by atoms with Crippen molar-refractivity contribution in [2.45, 2.75) is 33.2 Å². The fourth-order valence-corrected chi connectivity index (χ4v) is 3.19. The number of nitrogens with zero attached hydrogens (tertiary/aromatic N) is 2. The van der Waals surface area contributed by atoms with E-state index in [0.29, 0.717) is 13.2 Å². The topological polar surface area (TPSA) is 67.5 Å². The fraction of sp³-hybridized carbons (Fsp3) is 0.474. The minimum absolute atomic E-state index is 0.0551. The molecule has 1 amide bonds. The maximum atomic E-state index is 12.5. The summed E-state index contributed by atoms with van der Waals surface area (Å²) in [5.74, 6) is 1.04. The second-order valence-electron chi connectivity index (χ2n) is 6.67. The molecule has 25 heavy (non-hydrogen) atoms. The number of imidazole rings is 1. The van der Waals surface area contributed by atoms with Crippen LogP contribution in [-0.2, 0) is 11.2 Å². The van der Waals surface area contributed by atoms with E-state index in [1.54, 1.807) is 11.2 Å². The van der Waals surface area contributed by atoms with Crippen LogP contribution in [0.2, 0.25) is 0 Å². The van der Waals surface area contributed by atoms with Gasteiger partial charge in [0.25, 0.3) is 0 Å². The average molecular weight is 343 g/mol. The minimum atomic E-state index is -0.306. The van der Waals surface area contributed by atoms with Crippen molar-refractivity contribution in [3.8, 4) is 5.75 Å². The quantitative estimate of drug-likeness (QED) is 0.844. The van der Waals surface area contributed by atoms with E-state index in [1.807, 2.05) is 31.2 Å². The van der Waals surface area contributed by atoms with Gasteiger partial charge in [0, 0.05) is 18.7 Å². The molecule has 2 aromatic rings. The third kappa shape index (κ3) is 3.95. The summed E-state index contributed by atoms with van der Waals surface area (Å²) in [4.78, 5) is 21.9. The number of aromatic amines is 1. The predicted octanol–water partition coefficient (Wildman–Crippen LogP) is 3.49. The van der Waals surface area contributed by atoms with Gasteiger partial charge in [0.2, 0.25) is 0 Å². The van der Waals surface area contributed by atoms with Gasteiger partial charge in [-0.05, 0) is 25.0 Å². The first-order valence-corrected chi connectivity index (χ1v) is 8.71. The summed E-state index contributed by atoms with van der Waals surface area (Å²) in [6.45, 7) is 7.41. The minimum Gasteiger partial charge on any atom is -0.490 e. The molecule has 1 aliphatic rings. The number of carbonyl (C=O) groups excluding carboxylic acids is 1. The van der Waals surface area contributed by atoms with Gasteiger partial charge in [0.1, 0.15) is 19.0 Å². The van der Waals surface area contributed by atoms with E-state index in [9.17, 15) is 4.79 Å². The Morgan fingerprint density at radius 2 is 2.08 bits per heavy atom. The molecule has 3 rings (SSSR count). The summed E-state index contributed by atoms with van der Waals surface area (Å²) in [6.07, 6.45) is 2.16. The lowest BCUT2D eigenvalue weighted by molar-refractivity contribution is 0.0608. The Kier molecular flexibility index (Phi) is 5.26. The summed E-state index contributed by atoms with van der Waals surface area (Å²) in [5.41, 5.74) is 3.25. The molecule has 134 valence electrons. The largest absolute Gasteiger partial charge is 0.490 e. The molecule has 0 fully saturated rings. The van der Waals surface area contributed by atoms with Gasteiger partial charge in [0.15, 0.2) is 0 Å². The van der Waals surface area contributed by atoms with E-state index in [-0.39, 0.29) is 24.7 Å². The summed E-state index contributed by atoms with van der Waals surface area (Å²) in [7, 11) is 0. The third-order valence-electron chi connectivity index (χ3n) is 4.43. The number of benzene rings is 1. The molecule has 0 radical (unpaired) electrons. The molecule has 1 unspecified atom stereocenters. The molecule has 1 aromatic heterocycles. The van der Waals surface area contributed by atoms with Crippen molar-refractivity contribution in [3.05, 3.63) is 47.5 Å². The summed E-state index contributed by atoms with van der Waals surface area (Å²) in [6, 6.07) is 7.75. The number of aromatic nitrogens is 2. The molecular formula is C19H25N3O3. The zero-order valence-corrected chi connectivity index (χ0v) is 15.0. The highest BCUT2D eigenvalue weighted by molar-refractivity contribution is 5.68. The van der Waals surface area contributed by atoms with Crippen molar-refractivity contribution in [1.82, 2.24) is 14.9 Å². The Morgan fingerprint density at radius 3 is 2.80 bits per heavy atom. The second kappa shape index (κ2) is 7.59. The molecule has 1 N–H and O–H groups in total. The standard InChI is InChI=1S/C19H25N3O3/c1-13(2)18-17-16(20-12-21-17)8-9-22(18)19(23)25-11-10-24-15-6-4-14(3)5-7-15/h4-7,12-13,18H,8-11H2,1-3H3,(H,20,21). The SMILES string of the molecule is Cc1ccc(OCCOC(=O)N2CCc3[nH]cnc3C2C(C)C)cc1. The van der Waals surface area contributed by atoms with Gasteiger partial charge in [-0.2, -0.15) is 0 Å². The number of ether oxygens (including phenoxy) is 2. The Hall–Kier alpha value is -2.50. The number of hydrogen-bond acceptors (Lipinski definition) is 4. The summed E-state index contributed by atoms with van der Waals surface area (Å²) < 4.78 is 11.0. The van der Waals surface area contributed by atoms with Crippen LogP contribution in [0, 0.1) is 12.8 Å². The van der Waals surface area contributed by atoms with E-state index in [0.717, 1.165) is 23.6 Å². The lowest BCUT2D eigenvalue weighted by Crippen LogP contribution is -2.43. The maximum Gasteiger partial charge on any atom is 0.410 e. The first-order chi connectivity index (χ1) is 12.1. The van der Waals surface area contributed by atoms with Crippen LogP contribution in [0.15, 0.2) is 30.6 Å². The molecule has 2 heterocycles. The van der Waals surface area contributed by atoms with Crippen molar-refractivity contribution in [3.63, 3.8) is 0 Å². The summed E-state index contributed by atoms with van der Waals surface area (Å²) >= 11 is 0. The number of rotatable bonds is 5. The number of H-pyrrole nitrogens is 1. The summed E-state index contributed by atoms with van der Waals surface area (Å²) in [5, 5.41) is 0. The Morgan fingerprint density at radius 1 is 1.32 bits per heavy atom. The van der Waals surface area contributed by atoms with Crippen LogP contribution in [0.25, 0.3) is 0 Å². The van der Waals surface area contributed by atoms with Crippen molar-refractivity contribution in [2.24, 2.45) is 5.92 Å². The Bertz CT molecular complexity index is 709. The molecule has 0 aliphatic carbocycles. The van der Waals surface area contributed by atoms with E-state index in [2.05, 4.69) is 23.8 Å². The van der Waals surface area contributed by atoms with Crippen molar-refractivity contribution in [2.75, 3.05) is 19.8 Å². The maximum absolute atomic E-state index is 12.5. The first kappa shape index (κ1) is 17.3. The molecular weight excluding hydrogens is 318 g/mol. The lowest BCUT2D eigenvalue weighted by Gasteiger charge is -2.36. The molecule has 0 spiro atoms. The number of amides is 1. The molecule has 6 heteroatoms. The zero-order chi connectivity index (χ0) is 17.8. The van der Waals surface area contributed by atoms with Crippen molar-refractivity contribution < 1.29 is 14.3 Å². The normalized spacial score (nSPS) is 16.6. The van der Waals surface area contributed by atoms with Crippen LogP contribution in [0.3, 0.4) is 0 Å². The number of carbonyl (C=O) groups is 1. The molecule has 1 aromatic carbocycles. The predicted molar refractivity (Wildman–Crippen MR) is 94.6 cm³/mol. The molecule has 1 aliphatic heterocycles. The zero-order valence-electron chi connectivity index (χ0n) is 15.0. The van der Waals surface area contributed by atoms with Crippen LogP contribution < -0.4 is 4.74 Å². The van der Waals surface area contributed by atoms with Gasteiger partial charge in [0.05, 0.1) is 18.1 Å². The molecule has 6 nitrogen and oxygen atoms in total. The van der Waals surface area contributed by atoms with Crippen LogP contribution in [0.4, 0.5) is 4.79 Å². The Labute approximate surface area is 148 Å². The van der Waals surface area contributed by atoms with Gasteiger partial charge in [-0.15, -0.1) is 0 Å². The number of nitrogens with one attached hydrogen (secondary N) is 1. The third-order valence-corrected chi connectivity index (χ3v) is 4.43. The Balaban J connectivity index is 1.53. The highest BCUT2D eigenvalue weighted by Gasteiger charge is 2.35. The fourth-order valence-electron chi connectivity index (χ4n) is 3.19. The average Bonchev–Trinajstić information content (AvgIpc) is 3.07. The number of aryl methyl sites for hydroxylation is 1. The van der Waals surface area contributed by atoms with E-state index in [4.69, 9.17) is 9.47 Å². The highest BCUT2D eigenvalue weighted by Crippen LogP contribution is 2.33. The first-order valence-electron chi connectivity index (χ1n) is 8.71.